The lowest BCUT2D eigenvalue weighted by Gasteiger charge is -2.42. The fourth-order valence-corrected chi connectivity index (χ4v) is 2.73. The first kappa shape index (κ1) is 14.4. The van der Waals surface area contributed by atoms with Gasteiger partial charge in [-0.25, -0.2) is 4.39 Å². The predicted molar refractivity (Wildman–Crippen MR) is 76.3 cm³/mol. The first-order valence-electron chi connectivity index (χ1n) is 6.93. The molecule has 0 spiro atoms. The molecule has 1 aliphatic heterocycles. The minimum atomic E-state index is -0.137. The molecule has 2 rings (SSSR count). The minimum absolute atomic E-state index is 0.137. The van der Waals surface area contributed by atoms with Crippen molar-refractivity contribution in [2.45, 2.75) is 39.0 Å². The number of benzene rings is 1. The van der Waals surface area contributed by atoms with Gasteiger partial charge in [-0.1, -0.05) is 12.1 Å². The molecule has 0 bridgehead atoms. The van der Waals surface area contributed by atoms with Crippen LogP contribution in [0.2, 0.25) is 0 Å². The van der Waals surface area contributed by atoms with Gasteiger partial charge in [0, 0.05) is 43.8 Å². The van der Waals surface area contributed by atoms with Gasteiger partial charge in [0.1, 0.15) is 5.82 Å². The van der Waals surface area contributed by atoms with Crippen molar-refractivity contribution in [3.63, 3.8) is 0 Å². The Hall–Kier alpha value is -0.970. The van der Waals surface area contributed by atoms with Crippen molar-refractivity contribution in [2.24, 2.45) is 5.73 Å². The SMILES string of the molecule is CC1CN(Cc2ccc(CN)cc2F)CC(C)N1C. The molecule has 2 atom stereocenters. The van der Waals surface area contributed by atoms with Gasteiger partial charge in [0.05, 0.1) is 0 Å². The number of halogens is 1. The molecule has 19 heavy (non-hydrogen) atoms. The number of piperazine rings is 1. The summed E-state index contributed by atoms with van der Waals surface area (Å²) in [6, 6.07) is 6.36. The summed E-state index contributed by atoms with van der Waals surface area (Å²) in [5.74, 6) is -0.137. The molecule has 2 unspecified atom stereocenters. The van der Waals surface area contributed by atoms with E-state index in [1.165, 1.54) is 0 Å². The molecule has 4 heteroatoms. The van der Waals surface area contributed by atoms with Crippen molar-refractivity contribution in [1.82, 2.24) is 9.80 Å². The standard InChI is InChI=1S/C15H24FN3/c1-11-8-19(9-12(2)18(11)3)10-14-5-4-13(7-17)6-15(14)16/h4-6,11-12H,7-10,17H2,1-3H3. The summed E-state index contributed by atoms with van der Waals surface area (Å²) in [6.07, 6.45) is 0. The van der Waals surface area contributed by atoms with Crippen LogP contribution in [0, 0.1) is 5.82 Å². The molecule has 0 amide bonds. The van der Waals surface area contributed by atoms with E-state index < -0.39 is 0 Å². The topological polar surface area (TPSA) is 32.5 Å². The summed E-state index contributed by atoms with van der Waals surface area (Å²) in [7, 11) is 2.16. The number of likely N-dealkylation sites (N-methyl/N-ethyl adjacent to an activating group) is 1. The molecule has 0 saturated carbocycles. The van der Waals surface area contributed by atoms with Gasteiger partial charge in [-0.3, -0.25) is 9.80 Å². The van der Waals surface area contributed by atoms with Gasteiger partial charge in [-0.15, -0.1) is 0 Å². The second kappa shape index (κ2) is 5.99. The van der Waals surface area contributed by atoms with E-state index in [0.29, 0.717) is 25.2 Å². The molecule has 0 aliphatic carbocycles. The number of nitrogens with two attached hydrogens (primary N) is 1. The summed E-state index contributed by atoms with van der Waals surface area (Å²) in [5, 5.41) is 0. The Bertz CT molecular complexity index is 423. The van der Waals surface area contributed by atoms with Gasteiger partial charge in [-0.2, -0.15) is 0 Å². The van der Waals surface area contributed by atoms with E-state index in [0.717, 1.165) is 24.2 Å². The Balaban J connectivity index is 2.05. The zero-order chi connectivity index (χ0) is 14.0. The Morgan fingerprint density at radius 3 is 2.42 bits per heavy atom. The van der Waals surface area contributed by atoms with Crippen LogP contribution in [-0.2, 0) is 13.1 Å². The van der Waals surface area contributed by atoms with Crippen LogP contribution in [0.1, 0.15) is 25.0 Å². The number of rotatable bonds is 3. The van der Waals surface area contributed by atoms with Crippen molar-refractivity contribution in [1.29, 1.82) is 0 Å². The third kappa shape index (κ3) is 3.32. The first-order chi connectivity index (χ1) is 9.01. The van der Waals surface area contributed by atoms with Crippen molar-refractivity contribution >= 4 is 0 Å². The maximum atomic E-state index is 14.0. The van der Waals surface area contributed by atoms with Crippen LogP contribution in [0.5, 0.6) is 0 Å². The van der Waals surface area contributed by atoms with Gasteiger partial charge >= 0.3 is 0 Å². The maximum absolute atomic E-state index is 14.0. The van der Waals surface area contributed by atoms with Crippen LogP contribution in [-0.4, -0.2) is 42.0 Å². The predicted octanol–water partition coefficient (Wildman–Crippen LogP) is 1.81. The molecule has 2 N–H and O–H groups in total. The van der Waals surface area contributed by atoms with Crippen LogP contribution >= 0.6 is 0 Å². The summed E-state index contributed by atoms with van der Waals surface area (Å²) < 4.78 is 14.0. The van der Waals surface area contributed by atoms with Crippen molar-refractivity contribution in [3.05, 3.63) is 35.1 Å². The van der Waals surface area contributed by atoms with E-state index in [4.69, 9.17) is 5.73 Å². The van der Waals surface area contributed by atoms with E-state index in [1.54, 1.807) is 6.07 Å². The van der Waals surface area contributed by atoms with Crippen LogP contribution < -0.4 is 5.73 Å². The lowest BCUT2D eigenvalue weighted by atomic mass is 10.1. The zero-order valence-electron chi connectivity index (χ0n) is 12.1. The van der Waals surface area contributed by atoms with Crippen molar-refractivity contribution in [3.8, 4) is 0 Å². The largest absolute Gasteiger partial charge is 0.326 e. The van der Waals surface area contributed by atoms with Crippen LogP contribution in [0.15, 0.2) is 18.2 Å². The molecule has 1 fully saturated rings. The van der Waals surface area contributed by atoms with Crippen LogP contribution in [0.25, 0.3) is 0 Å². The lowest BCUT2D eigenvalue weighted by Crippen LogP contribution is -2.54. The molecule has 0 aromatic heterocycles. The normalized spacial score (nSPS) is 25.7. The Kier molecular flexibility index (Phi) is 4.55. The zero-order valence-corrected chi connectivity index (χ0v) is 12.1. The highest BCUT2D eigenvalue weighted by molar-refractivity contribution is 5.24. The highest BCUT2D eigenvalue weighted by Crippen LogP contribution is 2.18. The summed E-state index contributed by atoms with van der Waals surface area (Å²) in [4.78, 5) is 4.71. The molecule has 0 radical (unpaired) electrons. The highest BCUT2D eigenvalue weighted by Gasteiger charge is 2.26. The molecular formula is C15H24FN3. The number of nitrogens with zero attached hydrogens (tertiary/aromatic N) is 2. The van der Waals surface area contributed by atoms with Gasteiger partial charge in [-0.05, 0) is 32.5 Å². The third-order valence-corrected chi connectivity index (χ3v) is 4.18. The monoisotopic (exact) mass is 265 g/mol. The highest BCUT2D eigenvalue weighted by atomic mass is 19.1. The molecule has 1 aromatic carbocycles. The van der Waals surface area contributed by atoms with E-state index in [9.17, 15) is 4.39 Å². The first-order valence-corrected chi connectivity index (χ1v) is 6.93. The van der Waals surface area contributed by atoms with Gasteiger partial charge in [0.15, 0.2) is 0 Å². The van der Waals surface area contributed by atoms with E-state index in [2.05, 4.69) is 30.7 Å². The van der Waals surface area contributed by atoms with E-state index >= 15 is 0 Å². The van der Waals surface area contributed by atoms with Crippen molar-refractivity contribution in [2.75, 3.05) is 20.1 Å². The minimum Gasteiger partial charge on any atom is -0.326 e. The molecule has 1 aliphatic rings. The molecule has 3 nitrogen and oxygen atoms in total. The van der Waals surface area contributed by atoms with Crippen molar-refractivity contribution < 1.29 is 4.39 Å². The Morgan fingerprint density at radius 1 is 1.26 bits per heavy atom. The van der Waals surface area contributed by atoms with Crippen LogP contribution in [0.3, 0.4) is 0 Å². The summed E-state index contributed by atoms with van der Waals surface area (Å²) in [6.45, 7) is 7.48. The Morgan fingerprint density at radius 2 is 1.89 bits per heavy atom. The van der Waals surface area contributed by atoms with Gasteiger partial charge < -0.3 is 5.73 Å². The molecule has 1 heterocycles. The third-order valence-electron chi connectivity index (χ3n) is 4.18. The Labute approximate surface area is 115 Å². The number of hydrogen-bond acceptors (Lipinski definition) is 3. The molecule has 1 saturated heterocycles. The lowest BCUT2D eigenvalue weighted by molar-refractivity contribution is 0.0550. The second-order valence-corrected chi connectivity index (χ2v) is 5.69. The van der Waals surface area contributed by atoms with E-state index in [1.807, 2.05) is 12.1 Å². The summed E-state index contributed by atoms with van der Waals surface area (Å²) in [5.41, 5.74) is 7.14. The molecule has 1 aromatic rings. The van der Waals surface area contributed by atoms with Crippen LogP contribution in [0.4, 0.5) is 4.39 Å². The fraction of sp³-hybridized carbons (Fsp3) is 0.600. The molecular weight excluding hydrogens is 241 g/mol. The van der Waals surface area contributed by atoms with Gasteiger partial charge in [0.25, 0.3) is 0 Å². The average molecular weight is 265 g/mol. The quantitative estimate of drug-likeness (QED) is 0.904. The summed E-state index contributed by atoms with van der Waals surface area (Å²) >= 11 is 0. The van der Waals surface area contributed by atoms with Gasteiger partial charge in [0.2, 0.25) is 0 Å². The smallest absolute Gasteiger partial charge is 0.128 e. The average Bonchev–Trinajstić information content (AvgIpc) is 2.38. The second-order valence-electron chi connectivity index (χ2n) is 5.69. The van der Waals surface area contributed by atoms with E-state index in [-0.39, 0.29) is 5.82 Å². The number of hydrogen-bond donors (Lipinski definition) is 1. The fourth-order valence-electron chi connectivity index (χ4n) is 2.73. The maximum Gasteiger partial charge on any atom is 0.128 e. The molecule has 106 valence electrons.